The van der Waals surface area contributed by atoms with E-state index in [0.29, 0.717) is 22.6 Å². The summed E-state index contributed by atoms with van der Waals surface area (Å²) in [6.07, 6.45) is -3.95. The SMILES string of the molecule is O=C(O)c1ccc(-c2ccc(S(=O)(=O)N(Cc3nncn3Cc3cccc(F)c3)c3ccc(Oc4ccccc4)cc3)c(OC(F)(F)F)c2)cc1. The number of aromatic carboxylic acids is 1. The number of nitrogens with zero attached hydrogens (tertiary/aromatic N) is 4. The van der Waals surface area contributed by atoms with Gasteiger partial charge < -0.3 is 19.1 Å². The molecule has 0 saturated carbocycles. The van der Waals surface area contributed by atoms with Gasteiger partial charge in [0, 0.05) is 0 Å². The summed E-state index contributed by atoms with van der Waals surface area (Å²) in [5.41, 5.74) is 0.967. The maximum absolute atomic E-state index is 14.5. The lowest BCUT2D eigenvalue weighted by Crippen LogP contribution is -2.32. The topological polar surface area (TPSA) is 124 Å². The highest BCUT2D eigenvalue weighted by Gasteiger charge is 2.37. The molecule has 1 aromatic heterocycles. The molecule has 0 aliphatic heterocycles. The zero-order valence-corrected chi connectivity index (χ0v) is 27.1. The number of hydrogen-bond acceptors (Lipinski definition) is 7. The van der Waals surface area contributed by atoms with E-state index in [4.69, 9.17) is 4.74 Å². The number of ether oxygens (including phenoxy) is 2. The van der Waals surface area contributed by atoms with E-state index in [0.717, 1.165) is 16.4 Å². The number of aromatic nitrogens is 3. The van der Waals surface area contributed by atoms with Crippen LogP contribution in [0.3, 0.4) is 0 Å². The van der Waals surface area contributed by atoms with Crippen LogP contribution in [-0.4, -0.2) is 40.6 Å². The van der Waals surface area contributed by atoms with Crippen LogP contribution in [0.2, 0.25) is 0 Å². The zero-order valence-electron chi connectivity index (χ0n) is 26.2. The number of halogens is 4. The molecular formula is C36H26F4N4O6S. The molecule has 5 aromatic carbocycles. The smallest absolute Gasteiger partial charge is 0.478 e. The molecule has 6 aromatic rings. The van der Waals surface area contributed by atoms with Crippen LogP contribution in [-0.2, 0) is 23.1 Å². The quantitative estimate of drug-likeness (QED) is 0.127. The molecule has 0 saturated heterocycles. The van der Waals surface area contributed by atoms with Crippen LogP contribution in [0.4, 0.5) is 23.2 Å². The first-order valence-electron chi connectivity index (χ1n) is 15.1. The predicted octanol–water partition coefficient (Wildman–Crippen LogP) is 7.92. The van der Waals surface area contributed by atoms with Gasteiger partial charge in [-0.2, -0.15) is 0 Å². The van der Waals surface area contributed by atoms with Crippen molar-refractivity contribution in [2.75, 3.05) is 4.31 Å². The van der Waals surface area contributed by atoms with Gasteiger partial charge >= 0.3 is 12.3 Å². The molecule has 0 amide bonds. The molecule has 260 valence electrons. The van der Waals surface area contributed by atoms with E-state index < -0.39 is 45.4 Å². The first kappa shape index (κ1) is 34.6. The van der Waals surface area contributed by atoms with Crippen LogP contribution in [0.1, 0.15) is 21.7 Å². The molecule has 0 bridgehead atoms. The number of benzene rings is 5. The first-order chi connectivity index (χ1) is 24.4. The van der Waals surface area contributed by atoms with Crippen molar-refractivity contribution in [2.24, 2.45) is 0 Å². The van der Waals surface area contributed by atoms with Crippen LogP contribution in [0.25, 0.3) is 11.1 Å². The maximum atomic E-state index is 14.5. The molecule has 6 rings (SSSR count). The highest BCUT2D eigenvalue weighted by Crippen LogP contribution is 2.38. The molecule has 0 atom stereocenters. The van der Waals surface area contributed by atoms with E-state index >= 15 is 0 Å². The van der Waals surface area contributed by atoms with Gasteiger partial charge in [-0.25, -0.2) is 17.6 Å². The van der Waals surface area contributed by atoms with Crippen molar-refractivity contribution in [1.29, 1.82) is 0 Å². The van der Waals surface area contributed by atoms with Crippen molar-refractivity contribution in [3.8, 4) is 28.4 Å². The van der Waals surface area contributed by atoms with Crippen molar-refractivity contribution < 1.29 is 45.4 Å². The van der Waals surface area contributed by atoms with Crippen LogP contribution in [0.15, 0.2) is 133 Å². The van der Waals surface area contributed by atoms with Gasteiger partial charge in [-0.05, 0) is 89.5 Å². The fraction of sp³-hybridized carbons (Fsp3) is 0.0833. The Bertz CT molecular complexity index is 2260. The van der Waals surface area contributed by atoms with Gasteiger partial charge in [0.15, 0.2) is 11.6 Å². The van der Waals surface area contributed by atoms with Gasteiger partial charge in [-0.15, -0.1) is 23.4 Å². The summed E-state index contributed by atoms with van der Waals surface area (Å²) in [4.78, 5) is 10.5. The Morgan fingerprint density at radius 2 is 1.51 bits per heavy atom. The molecule has 0 aliphatic rings. The number of carboxylic acids is 1. The Labute approximate surface area is 288 Å². The van der Waals surface area contributed by atoms with Crippen molar-refractivity contribution in [3.63, 3.8) is 0 Å². The Hall–Kier alpha value is -6.22. The van der Waals surface area contributed by atoms with E-state index in [2.05, 4.69) is 14.9 Å². The van der Waals surface area contributed by atoms with E-state index in [1.807, 2.05) is 6.07 Å². The fourth-order valence-corrected chi connectivity index (χ4v) is 6.66. The molecular weight excluding hydrogens is 692 g/mol. The Kier molecular flexibility index (Phi) is 9.73. The molecule has 0 spiro atoms. The second-order valence-corrected chi connectivity index (χ2v) is 12.8. The standard InChI is InChI=1S/C36H26F4N4O6S/c37-28-6-4-5-24(19-28)21-43-23-41-42-34(43)22-44(29-14-16-31(17-15-29)49-30-7-2-1-3-8-30)51(47,48)33-18-13-27(20-32(33)50-36(38,39)40)25-9-11-26(12-10-25)35(45)46/h1-20,23H,21-22H2,(H,45,46). The predicted molar refractivity (Wildman–Crippen MR) is 177 cm³/mol. The molecule has 0 radical (unpaired) electrons. The number of anilines is 1. The van der Waals surface area contributed by atoms with Crippen LogP contribution >= 0.6 is 0 Å². The number of alkyl halides is 3. The molecule has 0 aliphatic carbocycles. The van der Waals surface area contributed by atoms with Gasteiger partial charge in [0.2, 0.25) is 0 Å². The number of carbonyl (C=O) groups is 1. The zero-order chi connectivity index (χ0) is 36.2. The molecule has 1 N–H and O–H groups in total. The summed E-state index contributed by atoms with van der Waals surface area (Å²) in [6, 6.07) is 28.8. The van der Waals surface area contributed by atoms with Crippen molar-refractivity contribution >= 4 is 21.7 Å². The first-order valence-corrected chi connectivity index (χ1v) is 16.5. The van der Waals surface area contributed by atoms with Gasteiger partial charge in [-0.3, -0.25) is 4.31 Å². The van der Waals surface area contributed by atoms with Crippen molar-refractivity contribution in [1.82, 2.24) is 14.8 Å². The Morgan fingerprint density at radius 3 is 2.18 bits per heavy atom. The van der Waals surface area contributed by atoms with Crippen molar-refractivity contribution in [3.05, 3.63) is 150 Å². The molecule has 51 heavy (non-hydrogen) atoms. The van der Waals surface area contributed by atoms with E-state index in [1.165, 1.54) is 83.7 Å². The number of carboxylic acid groups (broad SMARTS) is 1. The third kappa shape index (κ3) is 8.33. The van der Waals surface area contributed by atoms with E-state index in [9.17, 15) is 35.9 Å². The monoisotopic (exact) mass is 718 g/mol. The van der Waals surface area contributed by atoms with Gasteiger partial charge in [-0.1, -0.05) is 48.5 Å². The van der Waals surface area contributed by atoms with Crippen LogP contribution in [0, 0.1) is 5.82 Å². The van der Waals surface area contributed by atoms with Gasteiger partial charge in [0.05, 0.1) is 24.3 Å². The molecule has 0 unspecified atom stereocenters. The lowest BCUT2D eigenvalue weighted by Gasteiger charge is -2.26. The average molecular weight is 719 g/mol. The minimum Gasteiger partial charge on any atom is -0.478 e. The number of rotatable bonds is 12. The van der Waals surface area contributed by atoms with Gasteiger partial charge in [0.25, 0.3) is 10.0 Å². The van der Waals surface area contributed by atoms with Crippen LogP contribution < -0.4 is 13.8 Å². The Morgan fingerprint density at radius 1 is 0.824 bits per heavy atom. The molecule has 15 heteroatoms. The second kappa shape index (κ2) is 14.3. The summed E-state index contributed by atoms with van der Waals surface area (Å²) >= 11 is 0. The van der Waals surface area contributed by atoms with Gasteiger partial charge in [0.1, 0.15) is 28.5 Å². The highest BCUT2D eigenvalue weighted by atomic mass is 32.2. The average Bonchev–Trinajstić information content (AvgIpc) is 3.53. The summed E-state index contributed by atoms with van der Waals surface area (Å²) in [6.45, 7) is -0.434. The normalized spacial score (nSPS) is 11.6. The minimum atomic E-state index is -5.28. The maximum Gasteiger partial charge on any atom is 0.573 e. The third-order valence-electron chi connectivity index (χ3n) is 7.53. The summed E-state index contributed by atoms with van der Waals surface area (Å²) in [5, 5.41) is 17.2. The van der Waals surface area contributed by atoms with E-state index in [-0.39, 0.29) is 29.2 Å². The number of hydrogen-bond donors (Lipinski definition) is 1. The highest BCUT2D eigenvalue weighted by molar-refractivity contribution is 7.93. The summed E-state index contributed by atoms with van der Waals surface area (Å²) in [5.74, 6) is -1.72. The largest absolute Gasteiger partial charge is 0.573 e. The minimum absolute atomic E-state index is 0.0435. The lowest BCUT2D eigenvalue weighted by molar-refractivity contribution is -0.275. The summed E-state index contributed by atoms with van der Waals surface area (Å²) < 4.78 is 96.7. The third-order valence-corrected chi connectivity index (χ3v) is 9.34. The van der Waals surface area contributed by atoms with Crippen molar-refractivity contribution in [2.45, 2.75) is 24.3 Å². The second-order valence-electron chi connectivity index (χ2n) is 11.0. The number of para-hydroxylation sites is 1. The molecule has 1 heterocycles. The lowest BCUT2D eigenvalue weighted by atomic mass is 10.0. The Balaban J connectivity index is 1.42. The number of sulfonamides is 1. The van der Waals surface area contributed by atoms with Crippen LogP contribution in [0.5, 0.6) is 17.2 Å². The molecule has 10 nitrogen and oxygen atoms in total. The fourth-order valence-electron chi connectivity index (χ4n) is 5.14. The molecule has 0 fully saturated rings. The summed E-state index contributed by atoms with van der Waals surface area (Å²) in [7, 11) is -4.87. The van der Waals surface area contributed by atoms with E-state index in [1.54, 1.807) is 30.3 Å².